The summed E-state index contributed by atoms with van der Waals surface area (Å²) in [6, 6.07) is 10.2. The third-order valence-corrected chi connectivity index (χ3v) is 8.92. The van der Waals surface area contributed by atoms with E-state index >= 15 is 0 Å². The summed E-state index contributed by atoms with van der Waals surface area (Å²) in [7, 11) is 1.55. The molecule has 1 atom stereocenters. The maximum Gasteiger partial charge on any atom is 0.338 e. The Bertz CT molecular complexity index is 1760. The second-order valence-corrected chi connectivity index (χ2v) is 12.0. The lowest BCUT2D eigenvalue weighted by molar-refractivity contribution is -0.139. The summed E-state index contributed by atoms with van der Waals surface area (Å²) in [5.41, 5.74) is 2.82. The second-order valence-electron chi connectivity index (χ2n) is 9.21. The van der Waals surface area contributed by atoms with E-state index in [9.17, 15) is 14.4 Å². The average Bonchev–Trinajstić information content (AvgIpc) is 3.39. The lowest BCUT2D eigenvalue weighted by atomic mass is 9.93. The molecule has 0 aliphatic carbocycles. The van der Waals surface area contributed by atoms with Gasteiger partial charge in [-0.25, -0.2) is 9.79 Å². The number of carbonyl (C=O) groups is 2. The number of aromatic nitrogens is 1. The van der Waals surface area contributed by atoms with Crippen molar-refractivity contribution in [2.24, 2.45) is 4.99 Å². The van der Waals surface area contributed by atoms with Gasteiger partial charge >= 0.3 is 5.97 Å². The summed E-state index contributed by atoms with van der Waals surface area (Å²) in [6.45, 7) is 6.27. The Labute approximate surface area is 251 Å². The molecule has 1 aromatic heterocycles. The van der Waals surface area contributed by atoms with Crippen molar-refractivity contribution in [2.75, 3.05) is 25.2 Å². The van der Waals surface area contributed by atoms with Gasteiger partial charge in [0.05, 0.1) is 36.2 Å². The minimum Gasteiger partial charge on any atom is -0.496 e. The number of fused-ring (bicyclic) bond motifs is 2. The van der Waals surface area contributed by atoms with Crippen molar-refractivity contribution in [3.8, 4) is 5.75 Å². The van der Waals surface area contributed by atoms with Gasteiger partial charge in [-0.15, -0.1) is 0 Å². The van der Waals surface area contributed by atoms with E-state index in [-0.39, 0.29) is 17.0 Å². The first kappa shape index (κ1) is 28.5. The number of rotatable bonds is 7. The van der Waals surface area contributed by atoms with Gasteiger partial charge in [0.25, 0.3) is 11.5 Å². The van der Waals surface area contributed by atoms with Crippen LogP contribution in [0.25, 0.3) is 5.57 Å². The molecule has 2 aliphatic heterocycles. The number of benzene rings is 2. The average molecular weight is 689 g/mol. The molecule has 0 radical (unpaired) electrons. The van der Waals surface area contributed by atoms with E-state index in [0.717, 1.165) is 32.4 Å². The number of hydrogen-bond acceptors (Lipinski definition) is 7. The van der Waals surface area contributed by atoms with Crippen LogP contribution in [0.2, 0.25) is 0 Å². The number of likely N-dealkylation sites (N-methyl/N-ethyl adjacent to an activating group) is 1. The van der Waals surface area contributed by atoms with Gasteiger partial charge in [-0.1, -0.05) is 56.5 Å². The molecule has 0 N–H and O–H groups in total. The van der Waals surface area contributed by atoms with Crippen LogP contribution in [0.4, 0.5) is 5.69 Å². The van der Waals surface area contributed by atoms with Crippen LogP contribution in [-0.2, 0) is 14.3 Å². The van der Waals surface area contributed by atoms with Crippen molar-refractivity contribution in [3.63, 3.8) is 0 Å². The number of ether oxygens (including phenoxy) is 2. The summed E-state index contributed by atoms with van der Waals surface area (Å²) in [6.07, 6.45) is 1.24. The van der Waals surface area contributed by atoms with Crippen LogP contribution < -0.4 is 24.5 Å². The summed E-state index contributed by atoms with van der Waals surface area (Å²) < 4.78 is 14.5. The van der Waals surface area contributed by atoms with Gasteiger partial charge in [0, 0.05) is 26.6 Å². The molecule has 1 amide bonds. The van der Waals surface area contributed by atoms with Crippen molar-refractivity contribution in [1.82, 2.24) is 4.57 Å². The Kier molecular flexibility index (Phi) is 8.17. The molecule has 208 valence electrons. The maximum absolute atomic E-state index is 14.4. The Morgan fingerprint density at radius 1 is 1.07 bits per heavy atom. The predicted molar refractivity (Wildman–Crippen MR) is 161 cm³/mol. The summed E-state index contributed by atoms with van der Waals surface area (Å²) in [5, 5.41) is 0. The first-order chi connectivity index (χ1) is 19.2. The molecule has 3 aromatic rings. The highest BCUT2D eigenvalue weighted by Gasteiger charge is 2.38. The van der Waals surface area contributed by atoms with Crippen LogP contribution in [0, 0.1) is 0 Å². The van der Waals surface area contributed by atoms with Crippen molar-refractivity contribution in [3.05, 3.63) is 87.4 Å². The molecule has 0 saturated carbocycles. The van der Waals surface area contributed by atoms with Crippen molar-refractivity contribution >= 4 is 66.3 Å². The molecule has 0 fully saturated rings. The molecule has 0 spiro atoms. The zero-order valence-electron chi connectivity index (χ0n) is 22.4. The molecule has 40 heavy (non-hydrogen) atoms. The summed E-state index contributed by atoms with van der Waals surface area (Å²) >= 11 is 8.21. The molecule has 2 aromatic carbocycles. The van der Waals surface area contributed by atoms with Crippen molar-refractivity contribution < 1.29 is 19.1 Å². The van der Waals surface area contributed by atoms with E-state index < -0.39 is 17.6 Å². The molecular formula is C29H27Br2N3O5S. The van der Waals surface area contributed by atoms with E-state index in [0.29, 0.717) is 51.5 Å². The van der Waals surface area contributed by atoms with Crippen LogP contribution >= 0.6 is 43.2 Å². The van der Waals surface area contributed by atoms with Crippen LogP contribution in [0.15, 0.2) is 66.4 Å². The highest BCUT2D eigenvalue weighted by Crippen LogP contribution is 2.39. The van der Waals surface area contributed by atoms with Crippen LogP contribution in [-0.4, -0.2) is 36.7 Å². The molecular weight excluding hydrogens is 662 g/mol. The molecule has 2 aliphatic rings. The molecule has 0 saturated heterocycles. The molecule has 11 heteroatoms. The van der Waals surface area contributed by atoms with E-state index in [1.54, 1.807) is 25.0 Å². The fraction of sp³-hybridized carbons (Fsp3) is 0.310. The van der Waals surface area contributed by atoms with Crippen LogP contribution in [0.5, 0.6) is 5.75 Å². The minimum absolute atomic E-state index is 0.172. The Hall–Kier alpha value is -3.02. The van der Waals surface area contributed by atoms with E-state index in [2.05, 4.69) is 31.9 Å². The number of nitrogens with zero attached hydrogens (tertiary/aromatic N) is 3. The van der Waals surface area contributed by atoms with Gasteiger partial charge in [-0.2, -0.15) is 0 Å². The smallest absolute Gasteiger partial charge is 0.338 e. The Balaban J connectivity index is 1.90. The van der Waals surface area contributed by atoms with Gasteiger partial charge in [-0.3, -0.25) is 14.2 Å². The largest absolute Gasteiger partial charge is 0.496 e. The summed E-state index contributed by atoms with van der Waals surface area (Å²) in [5.74, 6) is -0.270. The van der Waals surface area contributed by atoms with Gasteiger partial charge < -0.3 is 14.4 Å². The Morgan fingerprint density at radius 3 is 2.48 bits per heavy atom. The SMILES string of the molecule is CCCC1=C(C(=O)OCC)[C@@H](c2cc(Br)ccc2OC)n2c(s/c(=C3\C(=O)N(CC)c4ccc(Br)cc43)c2=O)=N1. The molecule has 0 unspecified atom stereocenters. The zero-order chi connectivity index (χ0) is 28.7. The number of anilines is 1. The van der Waals surface area contributed by atoms with Gasteiger partial charge in [-0.05, 0) is 56.7 Å². The normalized spacial score (nSPS) is 17.5. The fourth-order valence-corrected chi connectivity index (χ4v) is 7.07. The topological polar surface area (TPSA) is 90.2 Å². The number of allylic oxidation sites excluding steroid dienone is 1. The molecule has 8 nitrogen and oxygen atoms in total. The van der Waals surface area contributed by atoms with E-state index in [4.69, 9.17) is 14.5 Å². The number of halogens is 2. The van der Waals surface area contributed by atoms with Gasteiger partial charge in [0.1, 0.15) is 16.3 Å². The van der Waals surface area contributed by atoms with Crippen LogP contribution in [0.1, 0.15) is 50.8 Å². The van der Waals surface area contributed by atoms with E-state index in [1.807, 2.05) is 44.2 Å². The standard InChI is InChI=1S/C29H27Br2N3O5S/c1-5-8-19-23(28(37)39-7-3)24(18-14-16(31)10-12-21(18)38-4)34-27(36)25(40-29(34)32-19)22-17-13-15(30)9-11-20(17)33(6-2)26(22)35/h9-14,24H,5-8H2,1-4H3/b25-22-/t24-/m1/s1. The minimum atomic E-state index is -0.862. The second kappa shape index (κ2) is 11.5. The quantitative estimate of drug-likeness (QED) is 0.331. The Morgan fingerprint density at radius 2 is 1.80 bits per heavy atom. The highest BCUT2D eigenvalue weighted by molar-refractivity contribution is 9.10. The first-order valence-electron chi connectivity index (χ1n) is 12.9. The van der Waals surface area contributed by atoms with Gasteiger partial charge in [0.15, 0.2) is 4.80 Å². The highest BCUT2D eigenvalue weighted by atomic mass is 79.9. The number of hydrogen-bond donors (Lipinski definition) is 0. The number of esters is 1. The first-order valence-corrected chi connectivity index (χ1v) is 15.4. The third-order valence-electron chi connectivity index (χ3n) is 6.88. The zero-order valence-corrected chi connectivity index (χ0v) is 26.4. The number of carbonyl (C=O) groups excluding carboxylic acids is 2. The number of amides is 1. The number of methoxy groups -OCH3 is 1. The van der Waals surface area contributed by atoms with Crippen LogP contribution in [0.3, 0.4) is 0 Å². The summed E-state index contributed by atoms with van der Waals surface area (Å²) in [4.78, 5) is 48.5. The maximum atomic E-state index is 14.4. The molecule has 3 heterocycles. The van der Waals surface area contributed by atoms with Gasteiger partial charge in [0.2, 0.25) is 0 Å². The fourth-order valence-electron chi connectivity index (χ4n) is 5.22. The third kappa shape index (κ3) is 4.67. The predicted octanol–water partition coefficient (Wildman–Crippen LogP) is 4.85. The van der Waals surface area contributed by atoms with Crippen molar-refractivity contribution in [2.45, 2.75) is 39.7 Å². The lowest BCUT2D eigenvalue weighted by Gasteiger charge is -2.27. The molecule has 0 bridgehead atoms. The van der Waals surface area contributed by atoms with Crippen molar-refractivity contribution in [1.29, 1.82) is 0 Å². The monoisotopic (exact) mass is 687 g/mol. The lowest BCUT2D eigenvalue weighted by Crippen LogP contribution is -2.41. The number of thiazole rings is 1. The van der Waals surface area contributed by atoms with E-state index in [1.165, 1.54) is 4.57 Å². The molecule has 5 rings (SSSR count).